The van der Waals surface area contributed by atoms with Crippen molar-refractivity contribution in [3.63, 3.8) is 0 Å². The fraction of sp³-hybridized carbons (Fsp3) is 0.0870. The maximum absolute atomic E-state index is 6.35. The van der Waals surface area contributed by atoms with E-state index in [1.54, 1.807) is 0 Å². The van der Waals surface area contributed by atoms with Crippen molar-refractivity contribution >= 4 is 23.2 Å². The lowest BCUT2D eigenvalue weighted by Gasteiger charge is -2.17. The van der Waals surface area contributed by atoms with Crippen molar-refractivity contribution < 1.29 is 0 Å². The number of aromatic nitrogens is 2. The molecule has 1 aliphatic rings. The molecule has 0 amide bonds. The highest BCUT2D eigenvalue weighted by atomic mass is 35.5. The predicted molar refractivity (Wildman–Crippen MR) is 112 cm³/mol. The topological polar surface area (TPSA) is 17.8 Å². The molecule has 0 radical (unpaired) electrons. The molecule has 5 rings (SSSR count). The van der Waals surface area contributed by atoms with Crippen molar-refractivity contribution in [3.8, 4) is 28.1 Å². The van der Waals surface area contributed by atoms with Gasteiger partial charge in [0.2, 0.25) is 0 Å². The van der Waals surface area contributed by atoms with Gasteiger partial charge in [-0.2, -0.15) is 5.10 Å². The summed E-state index contributed by atoms with van der Waals surface area (Å²) in [5.74, 6) is 0. The summed E-state index contributed by atoms with van der Waals surface area (Å²) >= 11 is 12.5. The zero-order chi connectivity index (χ0) is 18.4. The first kappa shape index (κ1) is 16.6. The first-order chi connectivity index (χ1) is 13.2. The van der Waals surface area contributed by atoms with Crippen LogP contribution in [0.15, 0.2) is 72.8 Å². The maximum atomic E-state index is 6.35. The van der Waals surface area contributed by atoms with Crippen molar-refractivity contribution in [1.29, 1.82) is 0 Å². The van der Waals surface area contributed by atoms with E-state index in [1.165, 1.54) is 16.7 Å². The number of hydrogen-bond acceptors (Lipinski definition) is 1. The number of hydrogen-bond donors (Lipinski definition) is 0. The number of fused-ring (bicyclic) bond motifs is 3. The Morgan fingerprint density at radius 3 is 2.37 bits per heavy atom. The number of aryl methyl sites for hydroxylation is 2. The normalized spacial score (nSPS) is 12.5. The average molecular weight is 391 g/mol. The molecule has 132 valence electrons. The molecule has 4 heteroatoms. The summed E-state index contributed by atoms with van der Waals surface area (Å²) in [4.78, 5) is 0. The Hall–Kier alpha value is -2.55. The third kappa shape index (κ3) is 2.77. The van der Waals surface area contributed by atoms with Crippen LogP contribution < -0.4 is 0 Å². The first-order valence-corrected chi connectivity index (χ1v) is 9.69. The maximum Gasteiger partial charge on any atom is 0.0823 e. The molecule has 0 saturated heterocycles. The second kappa shape index (κ2) is 6.56. The van der Waals surface area contributed by atoms with E-state index in [4.69, 9.17) is 28.3 Å². The van der Waals surface area contributed by atoms with Crippen LogP contribution in [-0.4, -0.2) is 9.78 Å². The predicted octanol–water partition coefficient (Wildman–Crippen LogP) is 6.61. The van der Waals surface area contributed by atoms with Gasteiger partial charge in [0.1, 0.15) is 0 Å². The largest absolute Gasteiger partial charge is 0.232 e. The molecule has 0 unspecified atom stereocenters. The minimum absolute atomic E-state index is 0.549. The lowest BCUT2D eigenvalue weighted by Crippen LogP contribution is -2.03. The van der Waals surface area contributed by atoms with Gasteiger partial charge < -0.3 is 0 Å². The second-order valence-corrected chi connectivity index (χ2v) is 7.52. The molecule has 0 N–H and O–H groups in total. The summed E-state index contributed by atoms with van der Waals surface area (Å²) in [7, 11) is 0. The van der Waals surface area contributed by atoms with E-state index in [0.717, 1.165) is 35.5 Å². The molecular formula is C23H16Cl2N2. The Labute approximate surface area is 168 Å². The number of halogens is 2. The highest BCUT2D eigenvalue weighted by molar-refractivity contribution is 6.42. The van der Waals surface area contributed by atoms with Crippen LogP contribution in [0, 0.1) is 0 Å². The van der Waals surface area contributed by atoms with Crippen LogP contribution in [0.4, 0.5) is 0 Å². The Kier molecular flexibility index (Phi) is 4.04. The molecule has 0 aliphatic heterocycles. The van der Waals surface area contributed by atoms with Gasteiger partial charge >= 0.3 is 0 Å². The molecule has 1 heterocycles. The highest BCUT2D eigenvalue weighted by Crippen LogP contribution is 2.42. The zero-order valence-corrected chi connectivity index (χ0v) is 16.0. The molecule has 0 bridgehead atoms. The molecule has 3 aromatic carbocycles. The van der Waals surface area contributed by atoms with Crippen LogP contribution in [0.5, 0.6) is 0 Å². The van der Waals surface area contributed by atoms with Crippen LogP contribution in [0.1, 0.15) is 11.3 Å². The van der Waals surface area contributed by atoms with Gasteiger partial charge in [0, 0.05) is 11.1 Å². The minimum atomic E-state index is 0.549. The monoisotopic (exact) mass is 390 g/mol. The number of rotatable bonds is 2. The smallest absolute Gasteiger partial charge is 0.0823 e. The van der Waals surface area contributed by atoms with E-state index < -0.39 is 0 Å². The van der Waals surface area contributed by atoms with E-state index in [-0.39, 0.29) is 0 Å². The summed E-state index contributed by atoms with van der Waals surface area (Å²) in [6.07, 6.45) is 1.94. The average Bonchev–Trinajstić information content (AvgIpc) is 3.11. The summed E-state index contributed by atoms with van der Waals surface area (Å²) in [6.45, 7) is 0. The van der Waals surface area contributed by atoms with E-state index in [2.05, 4.69) is 36.4 Å². The van der Waals surface area contributed by atoms with Crippen LogP contribution in [0.3, 0.4) is 0 Å². The molecule has 27 heavy (non-hydrogen) atoms. The van der Waals surface area contributed by atoms with Crippen molar-refractivity contribution in [3.05, 3.63) is 94.1 Å². The number of nitrogens with zero attached hydrogens (tertiary/aromatic N) is 2. The summed E-state index contributed by atoms with van der Waals surface area (Å²) in [6, 6.07) is 24.6. The SMILES string of the molecule is Clc1ccc(-c2c3c(nn2-c2ccccc2)CCc2ccccc2-3)cc1Cl. The first-order valence-electron chi connectivity index (χ1n) is 8.93. The van der Waals surface area contributed by atoms with Crippen molar-refractivity contribution in [2.75, 3.05) is 0 Å². The van der Waals surface area contributed by atoms with Gasteiger partial charge in [0.15, 0.2) is 0 Å². The summed E-state index contributed by atoms with van der Waals surface area (Å²) in [5, 5.41) is 6.09. The van der Waals surface area contributed by atoms with Crippen molar-refractivity contribution in [1.82, 2.24) is 9.78 Å². The molecule has 1 aliphatic carbocycles. The van der Waals surface area contributed by atoms with E-state index >= 15 is 0 Å². The fourth-order valence-electron chi connectivity index (χ4n) is 3.82. The van der Waals surface area contributed by atoms with Crippen LogP contribution >= 0.6 is 23.2 Å². The molecule has 0 atom stereocenters. The Morgan fingerprint density at radius 2 is 1.56 bits per heavy atom. The second-order valence-electron chi connectivity index (χ2n) is 6.70. The molecular weight excluding hydrogens is 375 g/mol. The Morgan fingerprint density at radius 1 is 0.778 bits per heavy atom. The standard InChI is InChI=1S/C23H16Cl2N2/c24-19-12-10-16(14-20(19)25)23-22-18-9-5-4-6-15(18)11-13-21(22)26-27(23)17-7-2-1-3-8-17/h1-10,12,14H,11,13H2. The van der Waals surface area contributed by atoms with Gasteiger partial charge in [0.05, 0.1) is 27.1 Å². The molecule has 0 spiro atoms. The highest BCUT2D eigenvalue weighted by Gasteiger charge is 2.26. The van der Waals surface area contributed by atoms with Crippen LogP contribution in [0.25, 0.3) is 28.1 Å². The van der Waals surface area contributed by atoms with E-state index in [0.29, 0.717) is 10.0 Å². The zero-order valence-electron chi connectivity index (χ0n) is 14.5. The number of para-hydroxylation sites is 1. The summed E-state index contributed by atoms with van der Waals surface area (Å²) in [5.41, 5.74) is 8.03. The van der Waals surface area contributed by atoms with Crippen LogP contribution in [-0.2, 0) is 12.8 Å². The van der Waals surface area contributed by atoms with Gasteiger partial charge in [-0.05, 0) is 48.2 Å². The van der Waals surface area contributed by atoms with Gasteiger partial charge in [-0.15, -0.1) is 0 Å². The summed E-state index contributed by atoms with van der Waals surface area (Å²) < 4.78 is 2.03. The van der Waals surface area contributed by atoms with Crippen LogP contribution in [0.2, 0.25) is 10.0 Å². The van der Waals surface area contributed by atoms with Gasteiger partial charge in [-0.3, -0.25) is 0 Å². The number of benzene rings is 3. The van der Waals surface area contributed by atoms with Gasteiger partial charge in [-0.1, -0.05) is 71.7 Å². The molecule has 4 aromatic rings. The lowest BCUT2D eigenvalue weighted by molar-refractivity contribution is 0.818. The lowest BCUT2D eigenvalue weighted by atomic mass is 9.87. The third-order valence-corrected chi connectivity index (χ3v) is 5.81. The molecule has 2 nitrogen and oxygen atoms in total. The van der Waals surface area contributed by atoms with Crippen molar-refractivity contribution in [2.45, 2.75) is 12.8 Å². The van der Waals surface area contributed by atoms with Gasteiger partial charge in [0.25, 0.3) is 0 Å². The molecule has 1 aromatic heterocycles. The Balaban J connectivity index is 1.84. The van der Waals surface area contributed by atoms with Gasteiger partial charge in [-0.25, -0.2) is 4.68 Å². The van der Waals surface area contributed by atoms with Crippen molar-refractivity contribution in [2.24, 2.45) is 0 Å². The third-order valence-electron chi connectivity index (χ3n) is 5.07. The molecule has 0 fully saturated rings. The van der Waals surface area contributed by atoms with E-state index in [9.17, 15) is 0 Å². The fourth-order valence-corrected chi connectivity index (χ4v) is 4.12. The Bertz CT molecular complexity index is 1150. The van der Waals surface area contributed by atoms with E-state index in [1.807, 2.05) is 41.1 Å². The minimum Gasteiger partial charge on any atom is -0.232 e. The quantitative estimate of drug-likeness (QED) is 0.376. The molecule has 0 saturated carbocycles.